The highest BCUT2D eigenvalue weighted by molar-refractivity contribution is 5.75. The Morgan fingerprint density at radius 2 is 2.00 bits per heavy atom. The minimum absolute atomic E-state index is 0.213. The van der Waals surface area contributed by atoms with Crippen molar-refractivity contribution >= 4 is 12.1 Å². The maximum atomic E-state index is 11.5. The fourth-order valence-electron chi connectivity index (χ4n) is 2.24. The number of carbonyl (C=O) groups is 2. The van der Waals surface area contributed by atoms with Crippen molar-refractivity contribution in [1.29, 1.82) is 0 Å². The van der Waals surface area contributed by atoms with Crippen LogP contribution in [0.4, 0.5) is 4.79 Å². The number of carbonyl (C=O) groups excluding carboxylic acids is 2. The van der Waals surface area contributed by atoms with Crippen molar-refractivity contribution in [2.45, 2.75) is 64.1 Å². The summed E-state index contributed by atoms with van der Waals surface area (Å²) in [4.78, 5) is 23.0. The summed E-state index contributed by atoms with van der Waals surface area (Å²) in [6, 6.07) is 0.00284. The first-order valence-electron chi connectivity index (χ1n) is 7.12. The number of alkyl carbamates (subject to hydrolysis) is 1. The van der Waals surface area contributed by atoms with Crippen molar-refractivity contribution in [3.05, 3.63) is 0 Å². The summed E-state index contributed by atoms with van der Waals surface area (Å²) in [6.45, 7) is 6.02. The smallest absolute Gasteiger partial charge is 0.407 e. The van der Waals surface area contributed by atoms with Gasteiger partial charge in [0.2, 0.25) is 0 Å². The van der Waals surface area contributed by atoms with Gasteiger partial charge in [0.1, 0.15) is 11.6 Å². The molecule has 1 saturated heterocycles. The molecule has 2 atom stereocenters. The quantitative estimate of drug-likeness (QED) is 0.767. The second-order valence-corrected chi connectivity index (χ2v) is 6.09. The zero-order valence-corrected chi connectivity index (χ0v) is 12.8. The number of piperidine rings is 1. The van der Waals surface area contributed by atoms with Crippen LogP contribution in [0.5, 0.6) is 0 Å². The maximum absolute atomic E-state index is 11.5. The molecule has 116 valence electrons. The number of rotatable bonds is 4. The van der Waals surface area contributed by atoms with Crippen LogP contribution in [0.1, 0.15) is 46.5 Å². The van der Waals surface area contributed by atoms with Crippen LogP contribution in [0.15, 0.2) is 0 Å². The molecule has 1 fully saturated rings. The van der Waals surface area contributed by atoms with Gasteiger partial charge in [-0.15, -0.1) is 0 Å². The molecule has 0 radical (unpaired) electrons. The van der Waals surface area contributed by atoms with Gasteiger partial charge in [-0.05, 0) is 46.5 Å². The minimum Gasteiger partial charge on any atom is -0.468 e. The van der Waals surface area contributed by atoms with Crippen LogP contribution in [-0.4, -0.2) is 43.4 Å². The molecule has 0 aliphatic carbocycles. The number of hydrogen-bond donors (Lipinski definition) is 2. The first-order chi connectivity index (χ1) is 9.31. The monoisotopic (exact) mass is 286 g/mol. The molecule has 0 aromatic carbocycles. The van der Waals surface area contributed by atoms with Crippen molar-refractivity contribution in [2.75, 3.05) is 13.7 Å². The van der Waals surface area contributed by atoms with Gasteiger partial charge >= 0.3 is 12.1 Å². The first kappa shape index (κ1) is 16.8. The Kier molecular flexibility index (Phi) is 6.26. The molecule has 20 heavy (non-hydrogen) atoms. The molecule has 0 saturated carbocycles. The Morgan fingerprint density at radius 1 is 1.30 bits per heavy atom. The van der Waals surface area contributed by atoms with E-state index in [1.54, 1.807) is 0 Å². The van der Waals surface area contributed by atoms with Crippen LogP contribution in [0, 0.1) is 0 Å². The van der Waals surface area contributed by atoms with Gasteiger partial charge in [-0.3, -0.25) is 4.79 Å². The lowest BCUT2D eigenvalue weighted by Crippen LogP contribution is -2.48. The van der Waals surface area contributed by atoms with E-state index in [2.05, 4.69) is 10.6 Å². The molecule has 1 rings (SSSR count). The average molecular weight is 286 g/mol. The van der Waals surface area contributed by atoms with E-state index >= 15 is 0 Å². The van der Waals surface area contributed by atoms with Gasteiger partial charge in [-0.1, -0.05) is 0 Å². The predicted molar refractivity (Wildman–Crippen MR) is 75.4 cm³/mol. The number of amides is 1. The fourth-order valence-corrected chi connectivity index (χ4v) is 2.24. The third kappa shape index (κ3) is 6.23. The number of hydrogen-bond acceptors (Lipinski definition) is 5. The van der Waals surface area contributed by atoms with Crippen molar-refractivity contribution in [3.8, 4) is 0 Å². The van der Waals surface area contributed by atoms with Crippen LogP contribution >= 0.6 is 0 Å². The van der Waals surface area contributed by atoms with E-state index in [-0.39, 0.29) is 18.1 Å². The average Bonchev–Trinajstić information content (AvgIpc) is 2.36. The first-order valence-corrected chi connectivity index (χ1v) is 7.12. The Hall–Kier alpha value is -1.30. The molecule has 2 unspecified atom stereocenters. The Labute approximate surface area is 120 Å². The van der Waals surface area contributed by atoms with E-state index in [9.17, 15) is 9.59 Å². The van der Waals surface area contributed by atoms with Crippen LogP contribution in [0.25, 0.3) is 0 Å². The van der Waals surface area contributed by atoms with Gasteiger partial charge in [0, 0.05) is 12.6 Å². The standard InChI is InChI=1S/C14H26N2O4/c1-14(2,3)20-13(18)15-9-8-10-6-5-7-11(16-10)12(17)19-4/h10-11,16H,5-9H2,1-4H3,(H,15,18). The summed E-state index contributed by atoms with van der Waals surface area (Å²) in [5.41, 5.74) is -0.483. The predicted octanol–water partition coefficient (Wildman–Crippen LogP) is 1.58. The largest absolute Gasteiger partial charge is 0.468 e. The normalized spacial score (nSPS) is 23.0. The zero-order valence-electron chi connectivity index (χ0n) is 12.8. The van der Waals surface area contributed by atoms with E-state index in [0.29, 0.717) is 6.54 Å². The molecule has 6 heteroatoms. The van der Waals surface area contributed by atoms with Crippen molar-refractivity contribution < 1.29 is 19.1 Å². The second-order valence-electron chi connectivity index (χ2n) is 6.09. The Morgan fingerprint density at radius 3 is 2.60 bits per heavy atom. The van der Waals surface area contributed by atoms with Gasteiger partial charge in [0.05, 0.1) is 7.11 Å². The van der Waals surface area contributed by atoms with Crippen molar-refractivity contribution in [2.24, 2.45) is 0 Å². The van der Waals surface area contributed by atoms with E-state index in [4.69, 9.17) is 9.47 Å². The third-order valence-corrected chi connectivity index (χ3v) is 3.13. The molecular weight excluding hydrogens is 260 g/mol. The third-order valence-electron chi connectivity index (χ3n) is 3.13. The van der Waals surface area contributed by atoms with Crippen LogP contribution in [0.3, 0.4) is 0 Å². The van der Waals surface area contributed by atoms with Gasteiger partial charge in [-0.25, -0.2) is 4.79 Å². The van der Waals surface area contributed by atoms with E-state index in [1.807, 2.05) is 20.8 Å². The SMILES string of the molecule is COC(=O)C1CCCC(CCNC(=O)OC(C)(C)C)N1. The highest BCUT2D eigenvalue weighted by atomic mass is 16.6. The molecule has 1 heterocycles. The number of methoxy groups -OCH3 is 1. The van der Waals surface area contributed by atoms with Gasteiger partial charge in [0.15, 0.2) is 0 Å². The van der Waals surface area contributed by atoms with Crippen molar-refractivity contribution in [3.63, 3.8) is 0 Å². The molecule has 1 amide bonds. The molecule has 0 bridgehead atoms. The summed E-state index contributed by atoms with van der Waals surface area (Å²) in [6.07, 6.45) is 3.17. The second kappa shape index (κ2) is 7.47. The summed E-state index contributed by atoms with van der Waals surface area (Å²) in [7, 11) is 1.40. The lowest BCUT2D eigenvalue weighted by Gasteiger charge is -2.29. The minimum atomic E-state index is -0.483. The Bertz CT molecular complexity index is 339. The van der Waals surface area contributed by atoms with Gasteiger partial charge in [-0.2, -0.15) is 0 Å². The molecule has 1 aliphatic rings. The van der Waals surface area contributed by atoms with Gasteiger partial charge in [0.25, 0.3) is 0 Å². The van der Waals surface area contributed by atoms with Gasteiger partial charge < -0.3 is 20.1 Å². The van der Waals surface area contributed by atoms with Crippen LogP contribution < -0.4 is 10.6 Å². The fraction of sp³-hybridized carbons (Fsp3) is 0.857. The van der Waals surface area contributed by atoms with Crippen molar-refractivity contribution in [1.82, 2.24) is 10.6 Å². The number of ether oxygens (including phenoxy) is 2. The van der Waals surface area contributed by atoms with Crippen LogP contribution in [-0.2, 0) is 14.3 Å². The molecule has 0 spiro atoms. The maximum Gasteiger partial charge on any atom is 0.407 e. The highest BCUT2D eigenvalue weighted by Gasteiger charge is 2.26. The lowest BCUT2D eigenvalue weighted by atomic mass is 9.96. The van der Waals surface area contributed by atoms with E-state index < -0.39 is 11.7 Å². The molecule has 0 aromatic heterocycles. The zero-order chi connectivity index (χ0) is 15.2. The summed E-state index contributed by atoms with van der Waals surface area (Å²) < 4.78 is 9.90. The summed E-state index contributed by atoms with van der Waals surface area (Å²) in [5.74, 6) is -0.213. The van der Waals surface area contributed by atoms with E-state index in [0.717, 1.165) is 25.7 Å². The summed E-state index contributed by atoms with van der Waals surface area (Å²) in [5, 5.41) is 5.99. The molecular formula is C14H26N2O4. The van der Waals surface area contributed by atoms with E-state index in [1.165, 1.54) is 7.11 Å². The number of esters is 1. The number of nitrogens with one attached hydrogen (secondary N) is 2. The molecule has 0 aromatic rings. The van der Waals surface area contributed by atoms with Crippen LogP contribution in [0.2, 0.25) is 0 Å². The molecule has 6 nitrogen and oxygen atoms in total. The lowest BCUT2D eigenvalue weighted by molar-refractivity contribution is -0.144. The topological polar surface area (TPSA) is 76.7 Å². The molecule has 2 N–H and O–H groups in total. The molecule has 1 aliphatic heterocycles. The Balaban J connectivity index is 2.25. The summed E-state index contributed by atoms with van der Waals surface area (Å²) >= 11 is 0. The highest BCUT2D eigenvalue weighted by Crippen LogP contribution is 2.15.